The lowest BCUT2D eigenvalue weighted by atomic mass is 10.2. The molecule has 0 fully saturated rings. The van der Waals surface area contributed by atoms with Crippen molar-refractivity contribution in [3.8, 4) is 0 Å². The molecule has 1 aromatic heterocycles. The Bertz CT molecular complexity index is 339. The average molecular weight is 225 g/mol. The number of carbonyl (C=O) groups is 1. The summed E-state index contributed by atoms with van der Waals surface area (Å²) < 4.78 is 0. The highest BCUT2D eigenvalue weighted by Crippen LogP contribution is 2.23. The van der Waals surface area contributed by atoms with Crippen LogP contribution in [0.25, 0.3) is 0 Å². The minimum atomic E-state index is 0.174. The molecule has 0 atom stereocenters. The van der Waals surface area contributed by atoms with Crippen molar-refractivity contribution in [2.45, 2.75) is 34.1 Å². The van der Waals surface area contributed by atoms with Crippen LogP contribution in [0.1, 0.15) is 40.9 Å². The standard InChI is InChI=1S/C12H19NOS/c1-5-10-8-11(15-9(10)4)12(14)13(6-2)7-3/h8H,5-7H2,1-4H3. The molecule has 0 N–H and O–H groups in total. The van der Waals surface area contributed by atoms with Crippen LogP contribution in [-0.4, -0.2) is 23.9 Å². The molecule has 0 aliphatic rings. The third-order valence-corrected chi connectivity index (χ3v) is 3.74. The Morgan fingerprint density at radius 2 is 1.93 bits per heavy atom. The van der Waals surface area contributed by atoms with Crippen LogP contribution >= 0.6 is 11.3 Å². The molecule has 3 heteroatoms. The highest BCUT2D eigenvalue weighted by Gasteiger charge is 2.15. The molecule has 0 bridgehead atoms. The Labute approximate surface area is 95.9 Å². The van der Waals surface area contributed by atoms with Gasteiger partial charge in [-0.3, -0.25) is 4.79 Å². The summed E-state index contributed by atoms with van der Waals surface area (Å²) in [5.74, 6) is 0.174. The van der Waals surface area contributed by atoms with Gasteiger partial charge in [-0.1, -0.05) is 6.92 Å². The van der Waals surface area contributed by atoms with Gasteiger partial charge in [-0.15, -0.1) is 11.3 Å². The Balaban J connectivity index is 2.90. The van der Waals surface area contributed by atoms with Crippen molar-refractivity contribution in [3.63, 3.8) is 0 Å². The summed E-state index contributed by atoms with van der Waals surface area (Å²) in [6.07, 6.45) is 1.01. The van der Waals surface area contributed by atoms with E-state index in [-0.39, 0.29) is 5.91 Å². The first kappa shape index (κ1) is 12.2. The molecule has 1 aromatic rings. The van der Waals surface area contributed by atoms with Gasteiger partial charge < -0.3 is 4.90 Å². The Kier molecular flexibility index (Phi) is 4.33. The molecule has 1 heterocycles. The van der Waals surface area contributed by atoms with Crippen LogP contribution in [0.5, 0.6) is 0 Å². The highest BCUT2D eigenvalue weighted by molar-refractivity contribution is 7.14. The first-order valence-electron chi connectivity index (χ1n) is 5.52. The normalized spacial score (nSPS) is 10.4. The number of aryl methyl sites for hydroxylation is 2. The van der Waals surface area contributed by atoms with Gasteiger partial charge in [0, 0.05) is 18.0 Å². The second kappa shape index (κ2) is 5.31. The maximum atomic E-state index is 12.0. The van der Waals surface area contributed by atoms with E-state index in [0.717, 1.165) is 24.4 Å². The van der Waals surface area contributed by atoms with Gasteiger partial charge in [0.1, 0.15) is 0 Å². The van der Waals surface area contributed by atoms with Crippen LogP contribution in [-0.2, 0) is 6.42 Å². The van der Waals surface area contributed by atoms with Gasteiger partial charge in [0.05, 0.1) is 4.88 Å². The van der Waals surface area contributed by atoms with Crippen LogP contribution in [0.4, 0.5) is 0 Å². The maximum Gasteiger partial charge on any atom is 0.263 e. The first-order chi connectivity index (χ1) is 7.13. The predicted octanol–water partition coefficient (Wildman–Crippen LogP) is 3.10. The molecule has 0 radical (unpaired) electrons. The van der Waals surface area contributed by atoms with Crippen LogP contribution in [0.15, 0.2) is 6.07 Å². The summed E-state index contributed by atoms with van der Waals surface area (Å²) in [6.45, 7) is 9.82. The van der Waals surface area contributed by atoms with Crippen LogP contribution in [0.2, 0.25) is 0 Å². The summed E-state index contributed by atoms with van der Waals surface area (Å²) in [4.78, 5) is 16.0. The lowest BCUT2D eigenvalue weighted by Gasteiger charge is -2.17. The number of rotatable bonds is 4. The zero-order valence-corrected chi connectivity index (χ0v) is 10.8. The molecule has 0 unspecified atom stereocenters. The zero-order valence-electron chi connectivity index (χ0n) is 9.96. The SMILES string of the molecule is CCc1cc(C(=O)N(CC)CC)sc1C. The van der Waals surface area contributed by atoms with E-state index < -0.39 is 0 Å². The van der Waals surface area contributed by atoms with Gasteiger partial charge in [-0.05, 0) is 38.8 Å². The average Bonchev–Trinajstić information content (AvgIpc) is 2.61. The van der Waals surface area contributed by atoms with Crippen LogP contribution < -0.4 is 0 Å². The molecule has 1 amide bonds. The smallest absolute Gasteiger partial charge is 0.263 e. The molecule has 0 aliphatic carbocycles. The fourth-order valence-electron chi connectivity index (χ4n) is 1.64. The lowest BCUT2D eigenvalue weighted by Crippen LogP contribution is -2.29. The van der Waals surface area contributed by atoms with E-state index in [1.54, 1.807) is 11.3 Å². The van der Waals surface area contributed by atoms with Gasteiger partial charge in [0.25, 0.3) is 5.91 Å². The summed E-state index contributed by atoms with van der Waals surface area (Å²) in [6, 6.07) is 2.04. The van der Waals surface area contributed by atoms with Crippen LogP contribution in [0, 0.1) is 6.92 Å². The van der Waals surface area contributed by atoms with Crippen molar-refractivity contribution in [2.75, 3.05) is 13.1 Å². The third kappa shape index (κ3) is 2.59. The van der Waals surface area contributed by atoms with Crippen molar-refractivity contribution >= 4 is 17.2 Å². The molecule has 0 spiro atoms. The number of hydrogen-bond donors (Lipinski definition) is 0. The molecule has 0 aromatic carbocycles. The summed E-state index contributed by atoms with van der Waals surface area (Å²) in [5.41, 5.74) is 1.30. The Hall–Kier alpha value is -0.830. The fraction of sp³-hybridized carbons (Fsp3) is 0.583. The molecule has 0 saturated heterocycles. The number of thiophene rings is 1. The number of hydrogen-bond acceptors (Lipinski definition) is 2. The van der Waals surface area contributed by atoms with Crippen molar-refractivity contribution in [3.05, 3.63) is 21.4 Å². The topological polar surface area (TPSA) is 20.3 Å². The van der Waals surface area contributed by atoms with Crippen LogP contribution in [0.3, 0.4) is 0 Å². The second-order valence-corrected chi connectivity index (χ2v) is 4.78. The predicted molar refractivity (Wildman–Crippen MR) is 65.7 cm³/mol. The summed E-state index contributed by atoms with van der Waals surface area (Å²) >= 11 is 1.61. The largest absolute Gasteiger partial charge is 0.339 e. The number of carbonyl (C=O) groups excluding carboxylic acids is 1. The van der Waals surface area contributed by atoms with Crippen molar-refractivity contribution in [1.82, 2.24) is 4.90 Å². The van der Waals surface area contributed by atoms with Gasteiger partial charge in [0.15, 0.2) is 0 Å². The van der Waals surface area contributed by atoms with Gasteiger partial charge in [0.2, 0.25) is 0 Å². The number of nitrogens with zero attached hydrogens (tertiary/aromatic N) is 1. The molecule has 0 saturated carbocycles. The van der Waals surface area contributed by atoms with Gasteiger partial charge in [-0.25, -0.2) is 0 Å². The Morgan fingerprint density at radius 1 is 1.33 bits per heavy atom. The molecular weight excluding hydrogens is 206 g/mol. The Morgan fingerprint density at radius 3 is 2.33 bits per heavy atom. The van der Waals surface area contributed by atoms with Crippen molar-refractivity contribution in [2.24, 2.45) is 0 Å². The van der Waals surface area contributed by atoms with E-state index in [0.29, 0.717) is 0 Å². The minimum absolute atomic E-state index is 0.174. The second-order valence-electron chi connectivity index (χ2n) is 3.52. The van der Waals surface area contributed by atoms with E-state index in [9.17, 15) is 4.79 Å². The highest BCUT2D eigenvalue weighted by atomic mass is 32.1. The van der Waals surface area contributed by atoms with E-state index in [4.69, 9.17) is 0 Å². The van der Waals surface area contributed by atoms with E-state index in [1.807, 2.05) is 24.8 Å². The van der Waals surface area contributed by atoms with E-state index in [1.165, 1.54) is 10.4 Å². The van der Waals surface area contributed by atoms with E-state index >= 15 is 0 Å². The monoisotopic (exact) mass is 225 g/mol. The molecule has 15 heavy (non-hydrogen) atoms. The maximum absolute atomic E-state index is 12.0. The van der Waals surface area contributed by atoms with Gasteiger partial charge in [-0.2, -0.15) is 0 Å². The molecule has 84 valence electrons. The number of amides is 1. The minimum Gasteiger partial charge on any atom is -0.339 e. The first-order valence-corrected chi connectivity index (χ1v) is 6.34. The summed E-state index contributed by atoms with van der Waals surface area (Å²) in [7, 11) is 0. The van der Waals surface area contributed by atoms with Crippen molar-refractivity contribution in [1.29, 1.82) is 0 Å². The summed E-state index contributed by atoms with van der Waals surface area (Å²) in [5, 5.41) is 0. The third-order valence-electron chi connectivity index (χ3n) is 2.66. The zero-order chi connectivity index (χ0) is 11.4. The van der Waals surface area contributed by atoms with Crippen molar-refractivity contribution < 1.29 is 4.79 Å². The molecular formula is C12H19NOS. The molecule has 1 rings (SSSR count). The van der Waals surface area contributed by atoms with E-state index in [2.05, 4.69) is 13.8 Å². The fourth-order valence-corrected chi connectivity index (χ4v) is 2.72. The molecule has 2 nitrogen and oxygen atoms in total. The molecule has 0 aliphatic heterocycles. The quantitative estimate of drug-likeness (QED) is 0.771. The lowest BCUT2D eigenvalue weighted by molar-refractivity contribution is 0.0778. The van der Waals surface area contributed by atoms with Gasteiger partial charge >= 0.3 is 0 Å².